The van der Waals surface area contributed by atoms with Gasteiger partial charge in [-0.2, -0.15) is 0 Å². The van der Waals surface area contributed by atoms with Gasteiger partial charge >= 0.3 is 0 Å². The van der Waals surface area contributed by atoms with Crippen molar-refractivity contribution in [1.82, 2.24) is 5.32 Å². The van der Waals surface area contributed by atoms with E-state index in [4.69, 9.17) is 14.2 Å². The molecule has 0 spiro atoms. The minimum Gasteiger partial charge on any atom is -0.497 e. The van der Waals surface area contributed by atoms with Gasteiger partial charge in [0.25, 0.3) is 0 Å². The number of benzene rings is 1. The predicted octanol–water partition coefficient (Wildman–Crippen LogP) is 2.04. The average Bonchev–Trinajstić information content (AvgIpc) is 2.50. The van der Waals surface area contributed by atoms with Crippen LogP contribution in [0, 0.1) is 0 Å². The molecule has 0 aliphatic carbocycles. The van der Waals surface area contributed by atoms with E-state index >= 15 is 0 Å². The van der Waals surface area contributed by atoms with Gasteiger partial charge in [-0.1, -0.05) is 6.07 Å². The first-order valence-electron chi connectivity index (χ1n) is 7.32. The van der Waals surface area contributed by atoms with E-state index < -0.39 is 0 Å². The molecule has 2 atom stereocenters. The second-order valence-corrected chi connectivity index (χ2v) is 5.08. The van der Waals surface area contributed by atoms with E-state index in [1.807, 2.05) is 25.1 Å². The van der Waals surface area contributed by atoms with Crippen LogP contribution in [0.15, 0.2) is 23.2 Å². The summed E-state index contributed by atoms with van der Waals surface area (Å²) in [4.78, 5) is 4.53. The number of methoxy groups -OCH3 is 2. The lowest BCUT2D eigenvalue weighted by Crippen LogP contribution is -2.48. The Bertz CT molecular complexity index is 502. The molecule has 1 aliphatic rings. The standard InChI is InChI=1S/C16H24N2O3/c1-5-21-16-11(2)18-13(10-17-16)8-12-6-7-14(19-3)9-15(12)20-4/h6-7,9,11,13,18H,5,8,10H2,1-4H3/t11-,13?/m1/s1. The van der Waals surface area contributed by atoms with E-state index in [2.05, 4.69) is 17.2 Å². The largest absolute Gasteiger partial charge is 0.497 e. The number of nitrogens with one attached hydrogen (secondary N) is 1. The molecule has 0 saturated carbocycles. The van der Waals surface area contributed by atoms with Crippen LogP contribution in [0.5, 0.6) is 11.5 Å². The van der Waals surface area contributed by atoms with Gasteiger partial charge in [0, 0.05) is 12.1 Å². The third-order valence-electron chi connectivity index (χ3n) is 3.58. The van der Waals surface area contributed by atoms with Gasteiger partial charge in [-0.15, -0.1) is 0 Å². The first-order chi connectivity index (χ1) is 10.2. The Morgan fingerprint density at radius 1 is 1.29 bits per heavy atom. The van der Waals surface area contributed by atoms with Crippen LogP contribution in [0.3, 0.4) is 0 Å². The van der Waals surface area contributed by atoms with Crippen molar-refractivity contribution < 1.29 is 14.2 Å². The summed E-state index contributed by atoms with van der Waals surface area (Å²) < 4.78 is 16.2. The van der Waals surface area contributed by atoms with Gasteiger partial charge in [-0.05, 0) is 31.9 Å². The molecule has 1 heterocycles. The van der Waals surface area contributed by atoms with Gasteiger partial charge in [0.05, 0.1) is 33.4 Å². The summed E-state index contributed by atoms with van der Waals surface area (Å²) in [6.45, 7) is 5.42. The van der Waals surface area contributed by atoms with Gasteiger partial charge < -0.3 is 19.5 Å². The van der Waals surface area contributed by atoms with Gasteiger partial charge in [0.15, 0.2) is 0 Å². The van der Waals surface area contributed by atoms with Crippen molar-refractivity contribution in [2.75, 3.05) is 27.4 Å². The first-order valence-corrected chi connectivity index (χ1v) is 7.32. The third-order valence-corrected chi connectivity index (χ3v) is 3.58. The molecular formula is C16H24N2O3. The van der Waals surface area contributed by atoms with E-state index in [1.165, 1.54) is 0 Å². The van der Waals surface area contributed by atoms with Crippen molar-refractivity contribution in [1.29, 1.82) is 0 Å². The topological polar surface area (TPSA) is 52.1 Å². The third kappa shape index (κ3) is 3.88. The molecule has 0 bridgehead atoms. The van der Waals surface area contributed by atoms with Crippen molar-refractivity contribution in [3.8, 4) is 11.5 Å². The lowest BCUT2D eigenvalue weighted by atomic mass is 10.0. The fourth-order valence-corrected chi connectivity index (χ4v) is 2.54. The molecule has 21 heavy (non-hydrogen) atoms. The summed E-state index contributed by atoms with van der Waals surface area (Å²) in [5.74, 6) is 2.45. The van der Waals surface area contributed by atoms with Crippen LogP contribution in [0.2, 0.25) is 0 Å². The molecule has 116 valence electrons. The summed E-state index contributed by atoms with van der Waals surface area (Å²) in [6.07, 6.45) is 0.862. The first kappa shape index (κ1) is 15.6. The zero-order valence-electron chi connectivity index (χ0n) is 13.2. The molecule has 0 aromatic heterocycles. The summed E-state index contributed by atoms with van der Waals surface area (Å²) in [5, 5.41) is 3.54. The van der Waals surface area contributed by atoms with Crippen molar-refractivity contribution in [3.63, 3.8) is 0 Å². The molecule has 5 heteroatoms. The van der Waals surface area contributed by atoms with Crippen molar-refractivity contribution >= 4 is 5.90 Å². The zero-order chi connectivity index (χ0) is 15.2. The Hall–Kier alpha value is -1.75. The van der Waals surface area contributed by atoms with E-state index in [9.17, 15) is 0 Å². The van der Waals surface area contributed by atoms with Gasteiger partial charge in [0.1, 0.15) is 11.5 Å². The minimum atomic E-state index is 0.146. The number of hydrogen-bond donors (Lipinski definition) is 1. The highest BCUT2D eigenvalue weighted by molar-refractivity contribution is 5.82. The van der Waals surface area contributed by atoms with E-state index in [-0.39, 0.29) is 12.1 Å². The molecule has 1 unspecified atom stereocenters. The maximum Gasteiger partial charge on any atom is 0.200 e. The molecule has 1 aromatic carbocycles. The predicted molar refractivity (Wildman–Crippen MR) is 83.6 cm³/mol. The van der Waals surface area contributed by atoms with Crippen molar-refractivity contribution in [2.45, 2.75) is 32.4 Å². The highest BCUT2D eigenvalue weighted by atomic mass is 16.5. The van der Waals surface area contributed by atoms with Crippen LogP contribution in [0.4, 0.5) is 0 Å². The summed E-state index contributed by atoms with van der Waals surface area (Å²) in [5.41, 5.74) is 1.15. The lowest BCUT2D eigenvalue weighted by molar-refractivity contribution is 0.288. The maximum absolute atomic E-state index is 5.52. The highest BCUT2D eigenvalue weighted by Gasteiger charge is 2.23. The van der Waals surface area contributed by atoms with Crippen LogP contribution in [0.1, 0.15) is 19.4 Å². The SMILES string of the molecule is CCOC1=NCC(Cc2ccc(OC)cc2OC)N[C@@H]1C. The smallest absolute Gasteiger partial charge is 0.200 e. The Morgan fingerprint density at radius 2 is 2.10 bits per heavy atom. The Kier molecular flexibility index (Phi) is 5.44. The summed E-state index contributed by atoms with van der Waals surface area (Å²) in [7, 11) is 3.34. The fourth-order valence-electron chi connectivity index (χ4n) is 2.54. The fraction of sp³-hybridized carbons (Fsp3) is 0.562. The van der Waals surface area contributed by atoms with Crippen LogP contribution in [-0.2, 0) is 11.2 Å². The lowest BCUT2D eigenvalue weighted by Gasteiger charge is -2.28. The summed E-state index contributed by atoms with van der Waals surface area (Å²) >= 11 is 0. The van der Waals surface area contributed by atoms with Gasteiger partial charge in [0.2, 0.25) is 5.90 Å². The van der Waals surface area contributed by atoms with Gasteiger partial charge in [-0.3, -0.25) is 4.99 Å². The molecule has 1 N–H and O–H groups in total. The Morgan fingerprint density at radius 3 is 2.71 bits per heavy atom. The van der Waals surface area contributed by atoms with Crippen LogP contribution < -0.4 is 14.8 Å². The molecule has 0 radical (unpaired) electrons. The molecule has 0 fully saturated rings. The molecule has 0 amide bonds. The quantitative estimate of drug-likeness (QED) is 0.902. The second kappa shape index (κ2) is 7.31. The average molecular weight is 292 g/mol. The van der Waals surface area contributed by atoms with Gasteiger partial charge in [-0.25, -0.2) is 0 Å². The number of nitrogens with zero attached hydrogens (tertiary/aromatic N) is 1. The van der Waals surface area contributed by atoms with E-state index in [0.29, 0.717) is 6.61 Å². The molecule has 2 rings (SSSR count). The van der Waals surface area contributed by atoms with Crippen LogP contribution >= 0.6 is 0 Å². The zero-order valence-corrected chi connectivity index (χ0v) is 13.2. The van der Waals surface area contributed by atoms with E-state index in [0.717, 1.165) is 35.9 Å². The summed E-state index contributed by atoms with van der Waals surface area (Å²) in [6, 6.07) is 6.35. The van der Waals surface area contributed by atoms with E-state index in [1.54, 1.807) is 14.2 Å². The molecule has 0 saturated heterocycles. The number of hydrogen-bond acceptors (Lipinski definition) is 5. The molecule has 1 aliphatic heterocycles. The number of aliphatic imine (C=N–C) groups is 1. The minimum absolute atomic E-state index is 0.146. The molecule has 5 nitrogen and oxygen atoms in total. The van der Waals surface area contributed by atoms with Crippen LogP contribution in [-0.4, -0.2) is 45.4 Å². The highest BCUT2D eigenvalue weighted by Crippen LogP contribution is 2.26. The maximum atomic E-state index is 5.52. The monoisotopic (exact) mass is 292 g/mol. The van der Waals surface area contributed by atoms with Crippen molar-refractivity contribution in [2.24, 2.45) is 4.99 Å². The van der Waals surface area contributed by atoms with Crippen molar-refractivity contribution in [3.05, 3.63) is 23.8 Å². The van der Waals surface area contributed by atoms with Crippen LogP contribution in [0.25, 0.3) is 0 Å². The molecular weight excluding hydrogens is 268 g/mol. The Labute approximate surface area is 126 Å². The number of rotatable bonds is 5. The normalized spacial score (nSPS) is 21.6. The second-order valence-electron chi connectivity index (χ2n) is 5.08. The molecule has 1 aromatic rings. The number of ether oxygens (including phenoxy) is 3. The Balaban J connectivity index is 2.06.